The van der Waals surface area contributed by atoms with E-state index in [1.807, 2.05) is 13.0 Å². The molecular formula is C7H6Cl2S. The average molecular weight is 193 g/mol. The van der Waals surface area contributed by atoms with E-state index < -0.39 is 0 Å². The third-order valence-corrected chi connectivity index (χ3v) is 2.60. The summed E-state index contributed by atoms with van der Waals surface area (Å²) in [7, 11) is 0. The summed E-state index contributed by atoms with van der Waals surface area (Å²) in [6.07, 6.45) is 0. The Labute approximate surface area is 74.1 Å². The van der Waals surface area contributed by atoms with Crippen molar-refractivity contribution in [2.24, 2.45) is 0 Å². The van der Waals surface area contributed by atoms with E-state index >= 15 is 0 Å². The van der Waals surface area contributed by atoms with Crippen LogP contribution >= 0.6 is 34.5 Å². The molecule has 0 aliphatic heterocycles. The third-order valence-electron chi connectivity index (χ3n) is 1.12. The van der Waals surface area contributed by atoms with Crippen molar-refractivity contribution in [3.63, 3.8) is 0 Å². The highest BCUT2D eigenvalue weighted by Gasteiger charge is 2.04. The number of thiophene rings is 1. The van der Waals surface area contributed by atoms with Crippen LogP contribution in [-0.2, 0) is 0 Å². The van der Waals surface area contributed by atoms with Crippen molar-refractivity contribution in [3.8, 4) is 0 Å². The molecule has 0 saturated carbocycles. The predicted molar refractivity (Wildman–Crippen MR) is 49.0 cm³/mol. The molecule has 1 rings (SSSR count). The molecule has 0 unspecified atom stereocenters. The van der Waals surface area contributed by atoms with E-state index in [0.717, 1.165) is 15.5 Å². The summed E-state index contributed by atoms with van der Waals surface area (Å²) in [6, 6.07) is 1.83. The Kier molecular flexibility index (Phi) is 2.40. The van der Waals surface area contributed by atoms with Crippen molar-refractivity contribution < 1.29 is 0 Å². The number of allylic oxidation sites excluding steroid dienone is 1. The maximum Gasteiger partial charge on any atom is 0.102 e. The van der Waals surface area contributed by atoms with Gasteiger partial charge < -0.3 is 0 Å². The summed E-state index contributed by atoms with van der Waals surface area (Å²) in [6.45, 7) is 5.67. The van der Waals surface area contributed by atoms with Gasteiger partial charge in [-0.2, -0.15) is 0 Å². The summed E-state index contributed by atoms with van der Waals surface area (Å²) < 4.78 is 1.43. The van der Waals surface area contributed by atoms with E-state index in [1.54, 1.807) is 0 Å². The Balaban J connectivity index is 3.15. The van der Waals surface area contributed by atoms with Crippen LogP contribution in [0.5, 0.6) is 0 Å². The normalized spacial score (nSPS) is 9.90. The van der Waals surface area contributed by atoms with Crippen LogP contribution in [0.25, 0.3) is 5.57 Å². The molecule has 0 aliphatic carbocycles. The molecule has 10 heavy (non-hydrogen) atoms. The summed E-state index contributed by atoms with van der Waals surface area (Å²) >= 11 is 12.9. The molecule has 0 aliphatic rings. The minimum Gasteiger partial charge on any atom is -0.111 e. The van der Waals surface area contributed by atoms with Gasteiger partial charge in [-0.25, -0.2) is 0 Å². The molecule has 0 N–H and O–H groups in total. The summed E-state index contributed by atoms with van der Waals surface area (Å²) in [4.78, 5) is 0. The lowest BCUT2D eigenvalue weighted by Crippen LogP contribution is -1.69. The van der Waals surface area contributed by atoms with E-state index in [0.29, 0.717) is 4.34 Å². The minimum absolute atomic E-state index is 0.711. The number of rotatable bonds is 1. The van der Waals surface area contributed by atoms with Gasteiger partial charge in [0.2, 0.25) is 0 Å². The predicted octanol–water partition coefficient (Wildman–Crippen LogP) is 4.09. The van der Waals surface area contributed by atoms with E-state index in [-0.39, 0.29) is 0 Å². The van der Waals surface area contributed by atoms with Gasteiger partial charge in [-0.15, -0.1) is 11.3 Å². The highest BCUT2D eigenvalue weighted by atomic mass is 35.5. The molecule has 0 radical (unpaired) electrons. The molecule has 0 bridgehead atoms. The largest absolute Gasteiger partial charge is 0.111 e. The van der Waals surface area contributed by atoms with Gasteiger partial charge in [0.05, 0.1) is 4.34 Å². The summed E-state index contributed by atoms with van der Waals surface area (Å²) in [5, 5.41) is 0. The van der Waals surface area contributed by atoms with Crippen LogP contribution in [-0.4, -0.2) is 0 Å². The number of hydrogen-bond acceptors (Lipinski definition) is 1. The third kappa shape index (κ3) is 1.54. The molecule has 3 heteroatoms. The molecular weight excluding hydrogens is 187 g/mol. The molecule has 0 aromatic carbocycles. The van der Waals surface area contributed by atoms with Gasteiger partial charge in [0.15, 0.2) is 0 Å². The van der Waals surface area contributed by atoms with E-state index in [9.17, 15) is 0 Å². The molecule has 54 valence electrons. The van der Waals surface area contributed by atoms with Gasteiger partial charge in [0.1, 0.15) is 4.34 Å². The Morgan fingerprint density at radius 1 is 1.60 bits per heavy atom. The van der Waals surface area contributed by atoms with Crippen LogP contribution in [0, 0.1) is 0 Å². The van der Waals surface area contributed by atoms with Crippen LogP contribution < -0.4 is 0 Å². The SMILES string of the molecule is C=C(C)c1cc(Cl)sc1Cl. The van der Waals surface area contributed by atoms with E-state index in [1.165, 1.54) is 11.3 Å². The van der Waals surface area contributed by atoms with Gasteiger partial charge in [-0.3, -0.25) is 0 Å². The zero-order valence-electron chi connectivity index (χ0n) is 5.45. The van der Waals surface area contributed by atoms with Crippen LogP contribution in [0.4, 0.5) is 0 Å². The standard InChI is InChI=1S/C7H6Cl2S/c1-4(2)5-3-6(8)10-7(5)9/h3H,1H2,2H3. The van der Waals surface area contributed by atoms with Gasteiger partial charge >= 0.3 is 0 Å². The highest BCUT2D eigenvalue weighted by molar-refractivity contribution is 7.20. The molecule has 0 atom stereocenters. The number of halogens is 2. The fraction of sp³-hybridized carbons (Fsp3) is 0.143. The van der Waals surface area contributed by atoms with Crippen LogP contribution in [0.15, 0.2) is 12.6 Å². The van der Waals surface area contributed by atoms with Crippen molar-refractivity contribution in [3.05, 3.63) is 26.9 Å². The molecule has 1 aromatic rings. The van der Waals surface area contributed by atoms with Crippen LogP contribution in [0.2, 0.25) is 8.67 Å². The van der Waals surface area contributed by atoms with Crippen molar-refractivity contribution in [2.45, 2.75) is 6.92 Å². The van der Waals surface area contributed by atoms with Crippen LogP contribution in [0.1, 0.15) is 12.5 Å². The number of hydrogen-bond donors (Lipinski definition) is 0. The zero-order valence-corrected chi connectivity index (χ0v) is 7.78. The zero-order chi connectivity index (χ0) is 7.72. The molecule has 0 amide bonds. The first-order valence-electron chi connectivity index (χ1n) is 2.72. The maximum absolute atomic E-state index is 5.81. The fourth-order valence-corrected chi connectivity index (χ4v) is 2.25. The monoisotopic (exact) mass is 192 g/mol. The second-order valence-corrected chi connectivity index (χ2v) is 4.30. The van der Waals surface area contributed by atoms with Crippen molar-refractivity contribution >= 4 is 40.1 Å². The maximum atomic E-state index is 5.81. The second-order valence-electron chi connectivity index (χ2n) is 2.02. The van der Waals surface area contributed by atoms with Gasteiger partial charge in [0, 0.05) is 5.56 Å². The molecule has 0 fully saturated rings. The molecule has 0 nitrogen and oxygen atoms in total. The van der Waals surface area contributed by atoms with Crippen LogP contribution in [0.3, 0.4) is 0 Å². The Hall–Kier alpha value is 0.0200. The first-order chi connectivity index (χ1) is 4.61. The molecule has 1 heterocycles. The smallest absolute Gasteiger partial charge is 0.102 e. The Morgan fingerprint density at radius 3 is 2.40 bits per heavy atom. The van der Waals surface area contributed by atoms with E-state index in [2.05, 4.69) is 6.58 Å². The molecule has 0 spiro atoms. The summed E-state index contributed by atoms with van der Waals surface area (Å²) in [5.74, 6) is 0. The average Bonchev–Trinajstić information content (AvgIpc) is 2.10. The fourth-order valence-electron chi connectivity index (χ4n) is 0.631. The van der Waals surface area contributed by atoms with Crippen molar-refractivity contribution in [2.75, 3.05) is 0 Å². The lowest BCUT2D eigenvalue weighted by atomic mass is 10.2. The van der Waals surface area contributed by atoms with Crippen molar-refractivity contribution in [1.29, 1.82) is 0 Å². The topological polar surface area (TPSA) is 0 Å². The molecule has 0 saturated heterocycles. The quantitative estimate of drug-likeness (QED) is 0.630. The lowest BCUT2D eigenvalue weighted by Gasteiger charge is -1.91. The Morgan fingerprint density at radius 2 is 2.20 bits per heavy atom. The van der Waals surface area contributed by atoms with Crippen molar-refractivity contribution in [1.82, 2.24) is 0 Å². The lowest BCUT2D eigenvalue weighted by molar-refractivity contribution is 1.68. The minimum atomic E-state index is 0.711. The first kappa shape index (κ1) is 8.12. The van der Waals surface area contributed by atoms with E-state index in [4.69, 9.17) is 23.2 Å². The first-order valence-corrected chi connectivity index (χ1v) is 4.29. The Bertz CT molecular complexity index is 263. The van der Waals surface area contributed by atoms with Gasteiger partial charge in [-0.1, -0.05) is 29.8 Å². The molecule has 1 aromatic heterocycles. The van der Waals surface area contributed by atoms with Gasteiger partial charge in [-0.05, 0) is 18.6 Å². The highest BCUT2D eigenvalue weighted by Crippen LogP contribution is 2.34. The second kappa shape index (κ2) is 2.95. The van der Waals surface area contributed by atoms with Gasteiger partial charge in [0.25, 0.3) is 0 Å². The summed E-state index contributed by atoms with van der Waals surface area (Å²) in [5.41, 5.74) is 1.91.